The molecule has 2 aromatic rings. The first-order valence-electron chi connectivity index (χ1n) is 11.2. The fourth-order valence-electron chi connectivity index (χ4n) is 4.27. The third-order valence-corrected chi connectivity index (χ3v) is 6.20. The summed E-state index contributed by atoms with van der Waals surface area (Å²) in [4.78, 5) is 39.3. The van der Waals surface area contributed by atoms with Crippen LogP contribution in [0.1, 0.15) is 33.7 Å². The molecule has 34 heavy (non-hydrogen) atoms. The normalized spacial score (nSPS) is 15.4. The molecule has 8 heteroatoms. The number of Topliss-reactive ketones (excluding diaryl/α,β-unsaturated/α-hetero) is 1. The van der Waals surface area contributed by atoms with Crippen molar-refractivity contribution in [1.82, 2.24) is 9.47 Å². The van der Waals surface area contributed by atoms with Gasteiger partial charge in [0.25, 0.3) is 0 Å². The van der Waals surface area contributed by atoms with Gasteiger partial charge in [-0.25, -0.2) is 0 Å². The molecule has 0 unspecified atom stereocenters. The van der Waals surface area contributed by atoms with Crippen LogP contribution >= 0.6 is 0 Å². The highest BCUT2D eigenvalue weighted by Crippen LogP contribution is 2.28. The van der Waals surface area contributed by atoms with Crippen molar-refractivity contribution in [2.75, 3.05) is 33.9 Å². The van der Waals surface area contributed by atoms with Crippen molar-refractivity contribution in [2.24, 2.45) is 5.92 Å². The molecule has 182 valence electrons. The molecule has 1 amide bonds. The van der Waals surface area contributed by atoms with E-state index in [2.05, 4.69) is 6.58 Å². The Hall–Kier alpha value is -3.55. The number of ether oxygens (including phenoxy) is 3. The second-order valence-corrected chi connectivity index (χ2v) is 8.40. The van der Waals surface area contributed by atoms with Crippen LogP contribution in [0, 0.1) is 19.8 Å². The van der Waals surface area contributed by atoms with E-state index in [0.29, 0.717) is 36.6 Å². The van der Waals surface area contributed by atoms with Gasteiger partial charge in [0.1, 0.15) is 0 Å². The third kappa shape index (κ3) is 5.50. The minimum atomic E-state index is -0.570. The van der Waals surface area contributed by atoms with Crippen molar-refractivity contribution in [1.29, 1.82) is 0 Å². The van der Waals surface area contributed by atoms with Crippen LogP contribution < -0.4 is 9.47 Å². The number of ketones is 1. The zero-order valence-electron chi connectivity index (χ0n) is 20.3. The highest BCUT2D eigenvalue weighted by atomic mass is 16.5. The summed E-state index contributed by atoms with van der Waals surface area (Å²) in [5.41, 5.74) is 3.29. The van der Waals surface area contributed by atoms with Crippen molar-refractivity contribution in [3.8, 4) is 11.5 Å². The molecule has 0 spiro atoms. The Labute approximate surface area is 200 Å². The molecule has 1 aliphatic rings. The molecule has 3 rings (SSSR count). The summed E-state index contributed by atoms with van der Waals surface area (Å²) in [6.07, 6.45) is 2.47. The minimum Gasteiger partial charge on any atom is -0.493 e. The van der Waals surface area contributed by atoms with E-state index in [9.17, 15) is 14.4 Å². The van der Waals surface area contributed by atoms with Crippen molar-refractivity contribution >= 4 is 17.7 Å². The van der Waals surface area contributed by atoms with Gasteiger partial charge in [0.05, 0.1) is 20.1 Å². The number of rotatable bonds is 11. The van der Waals surface area contributed by atoms with Crippen LogP contribution in [-0.4, -0.2) is 61.0 Å². The third-order valence-electron chi connectivity index (χ3n) is 6.20. The first-order chi connectivity index (χ1) is 16.3. The minimum absolute atomic E-state index is 0.0901. The lowest BCUT2D eigenvalue weighted by Gasteiger charge is -2.17. The second-order valence-electron chi connectivity index (χ2n) is 8.40. The van der Waals surface area contributed by atoms with E-state index in [1.165, 1.54) is 0 Å². The maximum absolute atomic E-state index is 12.6. The van der Waals surface area contributed by atoms with Gasteiger partial charge in [-0.1, -0.05) is 12.1 Å². The predicted octanol–water partition coefficient (Wildman–Crippen LogP) is 3.13. The average molecular weight is 469 g/mol. The molecule has 0 radical (unpaired) electrons. The molecule has 1 atom stereocenters. The Morgan fingerprint density at radius 3 is 2.56 bits per heavy atom. The maximum atomic E-state index is 12.6. The summed E-state index contributed by atoms with van der Waals surface area (Å²) in [6, 6.07) is 7.42. The van der Waals surface area contributed by atoms with Crippen molar-refractivity contribution in [3.05, 3.63) is 59.4 Å². The molecule has 1 aromatic carbocycles. The van der Waals surface area contributed by atoms with E-state index >= 15 is 0 Å². The van der Waals surface area contributed by atoms with E-state index in [4.69, 9.17) is 14.2 Å². The van der Waals surface area contributed by atoms with Crippen molar-refractivity contribution in [3.63, 3.8) is 0 Å². The quantitative estimate of drug-likeness (QED) is 0.286. The van der Waals surface area contributed by atoms with Crippen LogP contribution in [0.2, 0.25) is 0 Å². The number of esters is 1. The van der Waals surface area contributed by atoms with Crippen LogP contribution in [-0.2, 0) is 27.3 Å². The number of benzene rings is 1. The SMILES string of the molecule is C=CCn1c(C)cc(C(=O)COC(=O)[C@@H]2CC(=O)N(CCc3ccc(OC)c(OC)c3)C2)c1C. The first kappa shape index (κ1) is 25.1. The Morgan fingerprint density at radius 2 is 1.88 bits per heavy atom. The van der Waals surface area contributed by atoms with Crippen molar-refractivity contribution in [2.45, 2.75) is 33.2 Å². The molecule has 1 saturated heterocycles. The summed E-state index contributed by atoms with van der Waals surface area (Å²) >= 11 is 0. The number of aromatic nitrogens is 1. The number of methoxy groups -OCH3 is 2. The second kappa shape index (κ2) is 11.0. The molecule has 0 bridgehead atoms. The largest absolute Gasteiger partial charge is 0.493 e. The van der Waals surface area contributed by atoms with Crippen LogP contribution in [0.3, 0.4) is 0 Å². The summed E-state index contributed by atoms with van der Waals surface area (Å²) < 4.78 is 17.8. The zero-order chi connectivity index (χ0) is 24.8. The van der Waals surface area contributed by atoms with Gasteiger partial charge in [-0.3, -0.25) is 14.4 Å². The molecule has 8 nitrogen and oxygen atoms in total. The summed E-state index contributed by atoms with van der Waals surface area (Å²) in [6.45, 7) is 8.54. The van der Waals surface area contributed by atoms with Gasteiger partial charge in [0, 0.05) is 43.0 Å². The summed E-state index contributed by atoms with van der Waals surface area (Å²) in [5, 5.41) is 0. The van der Waals surface area contributed by atoms with Crippen molar-refractivity contribution < 1.29 is 28.6 Å². The molecule has 1 fully saturated rings. The van der Waals surface area contributed by atoms with Gasteiger partial charge < -0.3 is 23.7 Å². The van der Waals surface area contributed by atoms with Crippen LogP contribution in [0.5, 0.6) is 11.5 Å². The van der Waals surface area contributed by atoms with Gasteiger partial charge in [-0.05, 0) is 44.0 Å². The molecule has 1 aliphatic heterocycles. The highest BCUT2D eigenvalue weighted by Gasteiger charge is 2.35. The van der Waals surface area contributed by atoms with Gasteiger partial charge in [0.15, 0.2) is 18.1 Å². The molecule has 0 N–H and O–H groups in total. The van der Waals surface area contributed by atoms with E-state index in [0.717, 1.165) is 17.0 Å². The lowest BCUT2D eigenvalue weighted by Crippen LogP contribution is -2.29. The topological polar surface area (TPSA) is 87.1 Å². The van der Waals surface area contributed by atoms with E-state index < -0.39 is 11.9 Å². The van der Waals surface area contributed by atoms with E-state index in [1.807, 2.05) is 36.6 Å². The average Bonchev–Trinajstić information content (AvgIpc) is 3.35. The summed E-state index contributed by atoms with van der Waals surface area (Å²) in [5.74, 6) is -0.171. The fraction of sp³-hybridized carbons (Fsp3) is 0.423. The Balaban J connectivity index is 1.52. The van der Waals surface area contributed by atoms with Crippen LogP contribution in [0.4, 0.5) is 0 Å². The Kier molecular flexibility index (Phi) is 8.15. The number of likely N-dealkylation sites (tertiary alicyclic amines) is 1. The first-order valence-corrected chi connectivity index (χ1v) is 11.2. The van der Waals surface area contributed by atoms with Gasteiger partial charge in [0.2, 0.25) is 11.7 Å². The fourth-order valence-corrected chi connectivity index (χ4v) is 4.27. The molecular weight excluding hydrogens is 436 g/mol. The number of hydrogen-bond acceptors (Lipinski definition) is 6. The smallest absolute Gasteiger partial charge is 0.311 e. The zero-order valence-corrected chi connectivity index (χ0v) is 20.3. The lowest BCUT2D eigenvalue weighted by atomic mass is 10.1. The molecule has 0 aliphatic carbocycles. The number of amides is 1. The number of hydrogen-bond donors (Lipinski definition) is 0. The predicted molar refractivity (Wildman–Crippen MR) is 127 cm³/mol. The number of allylic oxidation sites excluding steroid dienone is 1. The highest BCUT2D eigenvalue weighted by molar-refractivity contribution is 5.99. The molecule has 1 aromatic heterocycles. The number of carbonyl (C=O) groups is 3. The monoisotopic (exact) mass is 468 g/mol. The van der Waals surface area contributed by atoms with E-state index in [1.54, 1.807) is 31.3 Å². The van der Waals surface area contributed by atoms with Gasteiger partial charge in [-0.15, -0.1) is 6.58 Å². The molecule has 0 saturated carbocycles. The Morgan fingerprint density at radius 1 is 1.15 bits per heavy atom. The summed E-state index contributed by atoms with van der Waals surface area (Å²) in [7, 11) is 3.15. The standard InChI is InChI=1S/C26H32N2O6/c1-6-10-28-17(2)12-21(18(28)3)22(29)16-34-26(31)20-14-25(30)27(15-20)11-9-19-7-8-23(32-4)24(13-19)33-5/h6-8,12-13,20H,1,9-11,14-16H2,2-5H3/t20-/m1/s1. The van der Waals surface area contributed by atoms with E-state index in [-0.39, 0.29) is 31.3 Å². The maximum Gasteiger partial charge on any atom is 0.311 e. The molecular formula is C26H32N2O6. The lowest BCUT2D eigenvalue weighted by molar-refractivity contribution is -0.147. The number of nitrogens with zero attached hydrogens (tertiary/aromatic N) is 2. The van der Waals surface area contributed by atoms with Gasteiger partial charge >= 0.3 is 5.97 Å². The Bertz CT molecular complexity index is 1090. The number of aryl methyl sites for hydroxylation is 1. The number of carbonyl (C=O) groups excluding carboxylic acids is 3. The van der Waals surface area contributed by atoms with Crippen LogP contribution in [0.25, 0.3) is 0 Å². The molecule has 2 heterocycles. The van der Waals surface area contributed by atoms with Crippen LogP contribution in [0.15, 0.2) is 36.9 Å². The van der Waals surface area contributed by atoms with Gasteiger partial charge in [-0.2, -0.15) is 0 Å².